The summed E-state index contributed by atoms with van der Waals surface area (Å²) in [7, 11) is 1.69. The Hall–Kier alpha value is -1.06. The van der Waals surface area contributed by atoms with E-state index in [4.69, 9.17) is 4.74 Å². The molecule has 0 spiro atoms. The number of benzene rings is 1. The molecule has 0 aliphatic heterocycles. The number of hydrogen-bond donors (Lipinski definition) is 2. The van der Waals surface area contributed by atoms with Crippen molar-refractivity contribution in [3.05, 3.63) is 29.8 Å². The van der Waals surface area contributed by atoms with Gasteiger partial charge in [-0.05, 0) is 62.6 Å². The van der Waals surface area contributed by atoms with Gasteiger partial charge in [0, 0.05) is 12.6 Å². The number of nitrogens with one attached hydrogen (secondary N) is 1. The normalized spacial score (nSPS) is 27.3. The van der Waals surface area contributed by atoms with Gasteiger partial charge >= 0.3 is 0 Å². The molecule has 21 heavy (non-hydrogen) atoms. The van der Waals surface area contributed by atoms with E-state index >= 15 is 0 Å². The van der Waals surface area contributed by atoms with Crippen LogP contribution in [-0.4, -0.2) is 30.4 Å². The summed E-state index contributed by atoms with van der Waals surface area (Å²) < 4.78 is 5.17. The molecule has 3 heteroatoms. The molecule has 1 fully saturated rings. The van der Waals surface area contributed by atoms with Gasteiger partial charge in [-0.1, -0.05) is 19.1 Å². The van der Waals surface area contributed by atoms with Crippen LogP contribution >= 0.6 is 0 Å². The van der Waals surface area contributed by atoms with Gasteiger partial charge < -0.3 is 15.2 Å². The fraction of sp³-hybridized carbons (Fsp3) is 0.667. The molecular weight excluding hydrogens is 262 g/mol. The Labute approximate surface area is 128 Å². The van der Waals surface area contributed by atoms with E-state index in [0.717, 1.165) is 43.8 Å². The summed E-state index contributed by atoms with van der Waals surface area (Å²) >= 11 is 0. The van der Waals surface area contributed by atoms with E-state index in [1.165, 1.54) is 5.56 Å². The smallest absolute Gasteiger partial charge is 0.118 e. The Morgan fingerprint density at radius 1 is 1.29 bits per heavy atom. The predicted octanol–water partition coefficient (Wildman–Crippen LogP) is 3.16. The highest BCUT2D eigenvalue weighted by Gasteiger charge is 2.31. The van der Waals surface area contributed by atoms with Crippen LogP contribution in [0.1, 0.15) is 45.1 Å². The highest BCUT2D eigenvalue weighted by molar-refractivity contribution is 5.27. The first-order valence-electron chi connectivity index (χ1n) is 8.09. The molecule has 0 heterocycles. The molecule has 0 bridgehead atoms. The van der Waals surface area contributed by atoms with E-state index in [9.17, 15) is 5.11 Å². The van der Waals surface area contributed by atoms with Gasteiger partial charge in [0.15, 0.2) is 0 Å². The third-order valence-corrected chi connectivity index (χ3v) is 4.69. The Morgan fingerprint density at radius 2 is 1.90 bits per heavy atom. The van der Waals surface area contributed by atoms with Gasteiger partial charge in [0.05, 0.1) is 12.7 Å². The Kier molecular flexibility index (Phi) is 5.65. The average Bonchev–Trinajstić information content (AvgIpc) is 2.50. The zero-order chi connectivity index (χ0) is 15.3. The molecule has 0 saturated heterocycles. The summed E-state index contributed by atoms with van der Waals surface area (Å²) in [5.41, 5.74) is 0.792. The minimum atomic E-state index is -0.499. The average molecular weight is 291 g/mol. The topological polar surface area (TPSA) is 41.5 Å². The van der Waals surface area contributed by atoms with Crippen molar-refractivity contribution in [1.82, 2.24) is 5.32 Å². The fourth-order valence-electron chi connectivity index (χ4n) is 3.03. The number of methoxy groups -OCH3 is 1. The third-order valence-electron chi connectivity index (χ3n) is 4.69. The zero-order valence-corrected chi connectivity index (χ0v) is 13.6. The van der Waals surface area contributed by atoms with Crippen molar-refractivity contribution >= 4 is 0 Å². The SMILES string of the molecule is COc1ccc(CC(C)NCC2(O)CCC(C)CC2)cc1. The van der Waals surface area contributed by atoms with Crippen molar-refractivity contribution in [2.24, 2.45) is 5.92 Å². The van der Waals surface area contributed by atoms with E-state index in [0.29, 0.717) is 12.6 Å². The number of hydrogen-bond acceptors (Lipinski definition) is 3. The molecule has 3 nitrogen and oxygen atoms in total. The lowest BCUT2D eigenvalue weighted by Gasteiger charge is -2.36. The quantitative estimate of drug-likeness (QED) is 0.846. The Bertz CT molecular complexity index is 421. The van der Waals surface area contributed by atoms with Crippen LogP contribution in [0.15, 0.2) is 24.3 Å². The van der Waals surface area contributed by atoms with Crippen molar-refractivity contribution in [2.45, 2.75) is 57.6 Å². The first kappa shape index (κ1) is 16.3. The van der Waals surface area contributed by atoms with E-state index in [1.54, 1.807) is 7.11 Å². The van der Waals surface area contributed by atoms with Crippen LogP contribution in [0.4, 0.5) is 0 Å². The van der Waals surface area contributed by atoms with Crippen molar-refractivity contribution in [1.29, 1.82) is 0 Å². The first-order chi connectivity index (χ1) is 10.0. The maximum absolute atomic E-state index is 10.6. The van der Waals surface area contributed by atoms with Gasteiger partial charge in [-0.25, -0.2) is 0 Å². The maximum atomic E-state index is 10.6. The summed E-state index contributed by atoms with van der Waals surface area (Å²) in [6.45, 7) is 5.16. The largest absolute Gasteiger partial charge is 0.497 e. The van der Waals surface area contributed by atoms with Gasteiger partial charge in [0.25, 0.3) is 0 Å². The third kappa shape index (κ3) is 5.01. The van der Waals surface area contributed by atoms with Crippen molar-refractivity contribution in [2.75, 3.05) is 13.7 Å². The molecule has 1 aliphatic rings. The molecule has 0 aromatic heterocycles. The van der Waals surface area contributed by atoms with Crippen molar-refractivity contribution in [3.8, 4) is 5.75 Å². The minimum absolute atomic E-state index is 0.363. The van der Waals surface area contributed by atoms with Crippen molar-refractivity contribution < 1.29 is 9.84 Å². The number of rotatable bonds is 6. The van der Waals surface area contributed by atoms with E-state index in [-0.39, 0.29) is 0 Å². The summed E-state index contributed by atoms with van der Waals surface area (Å²) in [6.07, 6.45) is 5.11. The monoisotopic (exact) mass is 291 g/mol. The zero-order valence-electron chi connectivity index (χ0n) is 13.6. The molecule has 2 N–H and O–H groups in total. The molecule has 2 rings (SSSR count). The Balaban J connectivity index is 1.77. The first-order valence-corrected chi connectivity index (χ1v) is 8.09. The van der Waals surface area contributed by atoms with Crippen molar-refractivity contribution in [3.63, 3.8) is 0 Å². The summed E-state index contributed by atoms with van der Waals surface area (Å²) in [5, 5.41) is 14.1. The highest BCUT2D eigenvalue weighted by Crippen LogP contribution is 2.31. The molecule has 0 radical (unpaired) electrons. The van der Waals surface area contributed by atoms with Crippen LogP contribution in [0.2, 0.25) is 0 Å². The van der Waals surface area contributed by atoms with Crippen LogP contribution in [0.3, 0.4) is 0 Å². The molecule has 118 valence electrons. The van der Waals surface area contributed by atoms with Crippen LogP contribution in [0, 0.1) is 5.92 Å². The lowest BCUT2D eigenvalue weighted by atomic mass is 9.79. The lowest BCUT2D eigenvalue weighted by molar-refractivity contribution is -0.00777. The van der Waals surface area contributed by atoms with Gasteiger partial charge in [0.1, 0.15) is 5.75 Å². The summed E-state index contributed by atoms with van der Waals surface area (Å²) in [5.74, 6) is 1.66. The van der Waals surface area contributed by atoms with Crippen LogP contribution in [-0.2, 0) is 6.42 Å². The maximum Gasteiger partial charge on any atom is 0.118 e. The second-order valence-corrected chi connectivity index (χ2v) is 6.74. The minimum Gasteiger partial charge on any atom is -0.497 e. The second-order valence-electron chi connectivity index (χ2n) is 6.74. The van der Waals surface area contributed by atoms with E-state index < -0.39 is 5.60 Å². The lowest BCUT2D eigenvalue weighted by Crippen LogP contribution is -2.46. The van der Waals surface area contributed by atoms with Crippen LogP contribution in [0.5, 0.6) is 5.75 Å². The standard InChI is InChI=1S/C18H29NO2/c1-14-8-10-18(20,11-9-14)13-19-15(2)12-16-4-6-17(21-3)7-5-16/h4-7,14-15,19-20H,8-13H2,1-3H3. The van der Waals surface area contributed by atoms with Gasteiger partial charge in [-0.2, -0.15) is 0 Å². The Morgan fingerprint density at radius 3 is 2.48 bits per heavy atom. The predicted molar refractivity (Wildman–Crippen MR) is 86.7 cm³/mol. The fourth-order valence-corrected chi connectivity index (χ4v) is 3.03. The van der Waals surface area contributed by atoms with E-state index in [1.807, 2.05) is 12.1 Å². The number of aliphatic hydroxyl groups is 1. The van der Waals surface area contributed by atoms with Gasteiger partial charge in [0.2, 0.25) is 0 Å². The molecule has 0 amide bonds. The highest BCUT2D eigenvalue weighted by atomic mass is 16.5. The molecule has 1 aromatic rings. The summed E-state index contributed by atoms with van der Waals surface area (Å²) in [6, 6.07) is 8.57. The van der Waals surface area contributed by atoms with Crippen LogP contribution in [0.25, 0.3) is 0 Å². The molecule has 1 saturated carbocycles. The molecule has 1 atom stereocenters. The van der Waals surface area contributed by atoms with Gasteiger partial charge in [-0.15, -0.1) is 0 Å². The molecular formula is C18H29NO2. The summed E-state index contributed by atoms with van der Waals surface area (Å²) in [4.78, 5) is 0. The molecule has 1 aromatic carbocycles. The van der Waals surface area contributed by atoms with Gasteiger partial charge in [-0.3, -0.25) is 0 Å². The molecule has 1 unspecified atom stereocenters. The number of ether oxygens (including phenoxy) is 1. The second kappa shape index (κ2) is 7.28. The van der Waals surface area contributed by atoms with Crippen LogP contribution < -0.4 is 10.1 Å². The molecule has 1 aliphatic carbocycles. The van der Waals surface area contributed by atoms with E-state index in [2.05, 4.69) is 31.3 Å².